The highest BCUT2D eigenvalue weighted by molar-refractivity contribution is 6.03. The number of methoxy groups -OCH3 is 1. The fourth-order valence-corrected chi connectivity index (χ4v) is 3.75. The molecule has 3 fully saturated rings. The molecule has 5 nitrogen and oxygen atoms in total. The van der Waals surface area contributed by atoms with Gasteiger partial charge in [-0.3, -0.25) is 4.79 Å². The predicted molar refractivity (Wildman–Crippen MR) is 85.7 cm³/mol. The summed E-state index contributed by atoms with van der Waals surface area (Å²) in [5, 5.41) is 2.93. The zero-order chi connectivity index (χ0) is 16.9. The standard InChI is InChI=1S/C18H23NO4/c1-16(2,3)23-15(21)19-18-9-17(10-18,11-18)14(20)12-6-5-7-13(8-12)22-4/h5-8H,9-11H2,1-4H3,(H,19,21). The van der Waals surface area contributed by atoms with Crippen molar-refractivity contribution in [3.05, 3.63) is 29.8 Å². The molecule has 0 unspecified atom stereocenters. The van der Waals surface area contributed by atoms with E-state index in [2.05, 4.69) is 5.32 Å². The van der Waals surface area contributed by atoms with Gasteiger partial charge in [-0.2, -0.15) is 0 Å². The number of rotatable bonds is 4. The van der Waals surface area contributed by atoms with E-state index in [-0.39, 0.29) is 16.7 Å². The van der Waals surface area contributed by atoms with Crippen LogP contribution in [0.5, 0.6) is 5.75 Å². The highest BCUT2D eigenvalue weighted by atomic mass is 16.6. The van der Waals surface area contributed by atoms with Crippen molar-refractivity contribution in [3.8, 4) is 5.75 Å². The topological polar surface area (TPSA) is 64.6 Å². The fourth-order valence-electron chi connectivity index (χ4n) is 3.75. The third kappa shape index (κ3) is 2.80. The van der Waals surface area contributed by atoms with Gasteiger partial charge in [0, 0.05) is 16.5 Å². The van der Waals surface area contributed by atoms with E-state index >= 15 is 0 Å². The zero-order valence-corrected chi connectivity index (χ0v) is 14.1. The summed E-state index contributed by atoms with van der Waals surface area (Å²) in [6.07, 6.45) is 1.67. The van der Waals surface area contributed by atoms with E-state index in [9.17, 15) is 9.59 Å². The molecule has 5 heteroatoms. The second kappa shape index (κ2) is 4.98. The molecule has 0 heterocycles. The normalized spacial score (nSPS) is 28.2. The lowest BCUT2D eigenvalue weighted by molar-refractivity contribution is -0.118. The van der Waals surface area contributed by atoms with Crippen LogP contribution in [0.25, 0.3) is 0 Å². The predicted octanol–water partition coefficient (Wildman–Crippen LogP) is 3.33. The van der Waals surface area contributed by atoms with E-state index in [0.29, 0.717) is 30.6 Å². The fraction of sp³-hybridized carbons (Fsp3) is 0.556. The highest BCUT2D eigenvalue weighted by Crippen LogP contribution is 2.68. The van der Waals surface area contributed by atoms with Gasteiger partial charge in [-0.15, -0.1) is 0 Å². The molecule has 1 aromatic rings. The lowest BCUT2D eigenvalue weighted by Crippen LogP contribution is -2.77. The summed E-state index contributed by atoms with van der Waals surface area (Å²) < 4.78 is 10.5. The average molecular weight is 317 g/mol. The van der Waals surface area contributed by atoms with Gasteiger partial charge >= 0.3 is 6.09 Å². The van der Waals surface area contributed by atoms with Crippen LogP contribution in [0.3, 0.4) is 0 Å². The Morgan fingerprint density at radius 1 is 1.17 bits per heavy atom. The summed E-state index contributed by atoms with van der Waals surface area (Å²) in [5.74, 6) is 0.827. The Hall–Kier alpha value is -2.04. The number of Topliss-reactive ketones (excluding diaryl/α,β-unsaturated/α-hetero) is 1. The molecule has 0 atom stereocenters. The van der Waals surface area contributed by atoms with Crippen LogP contribution in [0.15, 0.2) is 24.3 Å². The SMILES string of the molecule is COc1cccc(C(=O)C23CC(NC(=O)OC(C)(C)C)(C2)C3)c1. The van der Waals surface area contributed by atoms with Crippen molar-refractivity contribution in [2.75, 3.05) is 7.11 Å². The number of alkyl carbamates (subject to hydrolysis) is 1. The average Bonchev–Trinajstić information content (AvgIpc) is 2.38. The summed E-state index contributed by atoms with van der Waals surface area (Å²) in [5.41, 5.74) is -0.408. The molecular weight excluding hydrogens is 294 g/mol. The van der Waals surface area contributed by atoms with Crippen LogP contribution < -0.4 is 10.1 Å². The van der Waals surface area contributed by atoms with E-state index in [1.807, 2.05) is 39.0 Å². The van der Waals surface area contributed by atoms with Gasteiger partial charge in [0.15, 0.2) is 5.78 Å². The van der Waals surface area contributed by atoms with Gasteiger partial charge in [0.25, 0.3) is 0 Å². The smallest absolute Gasteiger partial charge is 0.408 e. The number of carbonyl (C=O) groups is 2. The first kappa shape index (κ1) is 15.8. The number of carbonyl (C=O) groups excluding carboxylic acids is 2. The Morgan fingerprint density at radius 3 is 2.39 bits per heavy atom. The van der Waals surface area contributed by atoms with Gasteiger partial charge in [-0.25, -0.2) is 4.79 Å². The van der Waals surface area contributed by atoms with E-state index in [4.69, 9.17) is 9.47 Å². The van der Waals surface area contributed by atoms with Gasteiger partial charge in [0.1, 0.15) is 11.4 Å². The molecule has 3 aliphatic carbocycles. The van der Waals surface area contributed by atoms with Gasteiger partial charge in [0.05, 0.1) is 7.11 Å². The van der Waals surface area contributed by atoms with Crippen LogP contribution in [0.4, 0.5) is 4.79 Å². The Kier molecular flexibility index (Phi) is 3.43. The Bertz CT molecular complexity index is 639. The molecule has 124 valence electrons. The monoisotopic (exact) mass is 317 g/mol. The maximum absolute atomic E-state index is 12.7. The van der Waals surface area contributed by atoms with Crippen LogP contribution in [-0.4, -0.2) is 30.1 Å². The molecule has 3 aliphatic rings. The molecule has 0 radical (unpaired) electrons. The molecular formula is C18H23NO4. The maximum atomic E-state index is 12.7. The first-order chi connectivity index (χ1) is 10.7. The summed E-state index contributed by atoms with van der Waals surface area (Å²) >= 11 is 0. The van der Waals surface area contributed by atoms with Crippen molar-refractivity contribution >= 4 is 11.9 Å². The minimum Gasteiger partial charge on any atom is -0.497 e. The molecule has 23 heavy (non-hydrogen) atoms. The Balaban J connectivity index is 1.60. The number of hydrogen-bond donors (Lipinski definition) is 1. The number of hydrogen-bond acceptors (Lipinski definition) is 4. The van der Waals surface area contributed by atoms with Crippen LogP contribution in [0.1, 0.15) is 50.4 Å². The summed E-state index contributed by atoms with van der Waals surface area (Å²) in [7, 11) is 1.59. The van der Waals surface area contributed by atoms with Crippen molar-refractivity contribution in [2.24, 2.45) is 5.41 Å². The quantitative estimate of drug-likeness (QED) is 0.865. The zero-order valence-electron chi connectivity index (χ0n) is 14.1. The van der Waals surface area contributed by atoms with E-state index < -0.39 is 11.7 Å². The third-order valence-corrected chi connectivity index (χ3v) is 4.61. The van der Waals surface area contributed by atoms with Gasteiger partial charge in [0.2, 0.25) is 0 Å². The first-order valence-corrected chi connectivity index (χ1v) is 7.87. The van der Waals surface area contributed by atoms with E-state index in [1.165, 1.54) is 0 Å². The minimum absolute atomic E-state index is 0.143. The second-order valence-corrected chi connectivity index (χ2v) is 7.78. The van der Waals surface area contributed by atoms with Crippen LogP contribution >= 0.6 is 0 Å². The molecule has 1 aromatic carbocycles. The van der Waals surface area contributed by atoms with Gasteiger partial charge < -0.3 is 14.8 Å². The van der Waals surface area contributed by atoms with E-state index in [0.717, 1.165) is 0 Å². The number of ketones is 1. The number of ether oxygens (including phenoxy) is 2. The number of nitrogens with one attached hydrogen (secondary N) is 1. The number of benzene rings is 1. The Labute approximate surface area is 136 Å². The molecule has 0 aliphatic heterocycles. The molecule has 1 amide bonds. The van der Waals surface area contributed by atoms with Crippen LogP contribution in [0.2, 0.25) is 0 Å². The molecule has 1 N–H and O–H groups in total. The van der Waals surface area contributed by atoms with Crippen LogP contribution in [0, 0.1) is 5.41 Å². The maximum Gasteiger partial charge on any atom is 0.408 e. The Morgan fingerprint density at radius 2 is 1.83 bits per heavy atom. The largest absolute Gasteiger partial charge is 0.497 e. The molecule has 0 saturated heterocycles. The molecule has 0 aromatic heterocycles. The van der Waals surface area contributed by atoms with Gasteiger partial charge in [-0.1, -0.05) is 12.1 Å². The summed E-state index contributed by atoms with van der Waals surface area (Å²) in [6.45, 7) is 5.51. The summed E-state index contributed by atoms with van der Waals surface area (Å²) in [4.78, 5) is 24.6. The van der Waals surface area contributed by atoms with Crippen molar-refractivity contribution in [1.29, 1.82) is 0 Å². The van der Waals surface area contributed by atoms with Crippen molar-refractivity contribution in [2.45, 2.75) is 51.2 Å². The van der Waals surface area contributed by atoms with Crippen molar-refractivity contribution < 1.29 is 19.1 Å². The van der Waals surface area contributed by atoms with Crippen molar-refractivity contribution in [3.63, 3.8) is 0 Å². The number of amides is 1. The van der Waals surface area contributed by atoms with E-state index in [1.54, 1.807) is 13.2 Å². The molecule has 2 bridgehead atoms. The van der Waals surface area contributed by atoms with Gasteiger partial charge in [-0.05, 0) is 52.2 Å². The van der Waals surface area contributed by atoms with Crippen LogP contribution in [-0.2, 0) is 4.74 Å². The lowest BCUT2D eigenvalue weighted by atomic mass is 9.37. The van der Waals surface area contributed by atoms with Crippen molar-refractivity contribution in [1.82, 2.24) is 5.32 Å². The second-order valence-electron chi connectivity index (χ2n) is 7.78. The summed E-state index contributed by atoms with van der Waals surface area (Å²) in [6, 6.07) is 7.24. The molecule has 4 rings (SSSR count). The highest BCUT2D eigenvalue weighted by Gasteiger charge is 2.72. The lowest BCUT2D eigenvalue weighted by Gasteiger charge is -2.69. The third-order valence-electron chi connectivity index (χ3n) is 4.61. The minimum atomic E-state index is -0.512. The molecule has 0 spiro atoms. The first-order valence-electron chi connectivity index (χ1n) is 7.87. The molecule has 3 saturated carbocycles.